The minimum absolute atomic E-state index is 0.0702. The lowest BCUT2D eigenvalue weighted by atomic mass is 9.90. The summed E-state index contributed by atoms with van der Waals surface area (Å²) in [4.78, 5) is 20.7. The van der Waals surface area contributed by atoms with Crippen LogP contribution in [0.5, 0.6) is 0 Å². The highest BCUT2D eigenvalue weighted by Gasteiger charge is 2.44. The number of halogens is 2. The molecule has 2 aliphatic heterocycles. The number of para-hydroxylation sites is 2. The molecule has 1 amide bonds. The standard InChI is InChI=1S/C25H29Cl2N3O/c1-25(2)14-23(28(16-25)15-17-13-18(26)7-10-20(17)27)24(31)30-12-11-29(19-8-9-19)21-5-3-4-6-22(21)30/h3-7,10,13,19,23H,8-9,11-12,14-16H2,1-2H3/t23-/m0/s1. The highest BCUT2D eigenvalue weighted by atomic mass is 35.5. The molecule has 4 nitrogen and oxygen atoms in total. The van der Waals surface area contributed by atoms with Crippen molar-refractivity contribution >= 4 is 40.5 Å². The zero-order valence-electron chi connectivity index (χ0n) is 18.2. The van der Waals surface area contributed by atoms with Gasteiger partial charge in [-0.3, -0.25) is 9.69 Å². The van der Waals surface area contributed by atoms with Crippen molar-refractivity contribution in [1.82, 2.24) is 4.90 Å². The Hall–Kier alpha value is -1.75. The van der Waals surface area contributed by atoms with E-state index in [9.17, 15) is 4.79 Å². The lowest BCUT2D eigenvalue weighted by molar-refractivity contribution is -0.123. The van der Waals surface area contributed by atoms with Gasteiger partial charge in [0.05, 0.1) is 17.4 Å². The van der Waals surface area contributed by atoms with Gasteiger partial charge in [0, 0.05) is 42.3 Å². The largest absolute Gasteiger partial charge is 0.365 e. The summed E-state index contributed by atoms with van der Waals surface area (Å²) in [6.45, 7) is 7.62. The molecule has 3 aliphatic rings. The maximum atomic E-state index is 13.9. The van der Waals surface area contributed by atoms with E-state index in [0.717, 1.165) is 37.3 Å². The molecule has 1 aliphatic carbocycles. The molecule has 164 valence electrons. The minimum Gasteiger partial charge on any atom is -0.365 e. The average Bonchev–Trinajstić information content (AvgIpc) is 3.53. The van der Waals surface area contributed by atoms with Crippen LogP contribution in [0, 0.1) is 5.41 Å². The summed E-state index contributed by atoms with van der Waals surface area (Å²) in [5.41, 5.74) is 3.30. The van der Waals surface area contributed by atoms with E-state index < -0.39 is 0 Å². The molecule has 31 heavy (non-hydrogen) atoms. The maximum Gasteiger partial charge on any atom is 0.244 e. The third-order valence-corrected chi connectivity index (χ3v) is 7.39. The predicted molar refractivity (Wildman–Crippen MR) is 128 cm³/mol. The molecule has 1 saturated carbocycles. The van der Waals surface area contributed by atoms with Crippen LogP contribution in [-0.2, 0) is 11.3 Å². The zero-order chi connectivity index (χ0) is 21.8. The van der Waals surface area contributed by atoms with E-state index >= 15 is 0 Å². The minimum atomic E-state index is -0.162. The first-order valence-corrected chi connectivity index (χ1v) is 11.9. The predicted octanol–water partition coefficient (Wildman–Crippen LogP) is 5.61. The summed E-state index contributed by atoms with van der Waals surface area (Å²) in [7, 11) is 0. The summed E-state index contributed by atoms with van der Waals surface area (Å²) < 4.78 is 0. The number of likely N-dealkylation sites (tertiary alicyclic amines) is 1. The molecule has 6 heteroatoms. The highest BCUT2D eigenvalue weighted by Crippen LogP contribution is 2.42. The lowest BCUT2D eigenvalue weighted by Crippen LogP contribution is -2.51. The van der Waals surface area contributed by atoms with Gasteiger partial charge >= 0.3 is 0 Å². The molecule has 2 aromatic carbocycles. The Morgan fingerprint density at radius 1 is 1.06 bits per heavy atom. The second-order valence-electron chi connectivity index (χ2n) is 9.93. The average molecular weight is 458 g/mol. The Labute approximate surface area is 194 Å². The van der Waals surface area contributed by atoms with Crippen molar-refractivity contribution in [3.8, 4) is 0 Å². The van der Waals surface area contributed by atoms with Crippen molar-refractivity contribution in [2.75, 3.05) is 29.4 Å². The normalized spacial score (nSPS) is 23.2. The molecule has 1 atom stereocenters. The number of carbonyl (C=O) groups excluding carboxylic acids is 1. The number of hydrogen-bond acceptors (Lipinski definition) is 3. The van der Waals surface area contributed by atoms with E-state index in [4.69, 9.17) is 23.2 Å². The second kappa shape index (κ2) is 7.99. The van der Waals surface area contributed by atoms with Crippen molar-refractivity contribution in [3.63, 3.8) is 0 Å². The molecule has 0 spiro atoms. The molecule has 1 saturated heterocycles. The van der Waals surface area contributed by atoms with Crippen molar-refractivity contribution in [3.05, 3.63) is 58.1 Å². The van der Waals surface area contributed by atoms with E-state index in [1.165, 1.54) is 18.5 Å². The van der Waals surface area contributed by atoms with Gasteiger partial charge in [-0.25, -0.2) is 0 Å². The van der Waals surface area contributed by atoms with Gasteiger partial charge in [0.25, 0.3) is 0 Å². The molecular weight excluding hydrogens is 429 g/mol. The quantitative estimate of drug-likeness (QED) is 0.596. The fraction of sp³-hybridized carbons (Fsp3) is 0.480. The van der Waals surface area contributed by atoms with Crippen LogP contribution in [0.25, 0.3) is 0 Å². The zero-order valence-corrected chi connectivity index (χ0v) is 19.7. The molecule has 2 aromatic rings. The van der Waals surface area contributed by atoms with Crippen LogP contribution >= 0.6 is 23.2 Å². The number of amides is 1. The van der Waals surface area contributed by atoms with Crippen LogP contribution in [0.3, 0.4) is 0 Å². The topological polar surface area (TPSA) is 26.8 Å². The smallest absolute Gasteiger partial charge is 0.244 e. The van der Waals surface area contributed by atoms with Gasteiger partial charge in [-0.1, -0.05) is 49.2 Å². The molecule has 2 fully saturated rings. The number of benzene rings is 2. The van der Waals surface area contributed by atoms with Crippen molar-refractivity contribution in [1.29, 1.82) is 0 Å². The third-order valence-electron chi connectivity index (χ3n) is 6.78. The van der Waals surface area contributed by atoms with Crippen molar-refractivity contribution < 1.29 is 4.79 Å². The number of anilines is 2. The Morgan fingerprint density at radius 2 is 1.81 bits per heavy atom. The van der Waals surface area contributed by atoms with Gasteiger partial charge in [-0.15, -0.1) is 0 Å². The summed E-state index contributed by atoms with van der Waals surface area (Å²) in [5, 5.41) is 1.37. The summed E-state index contributed by atoms with van der Waals surface area (Å²) in [6.07, 6.45) is 3.36. The molecule has 0 N–H and O–H groups in total. The van der Waals surface area contributed by atoms with Crippen molar-refractivity contribution in [2.24, 2.45) is 5.41 Å². The number of fused-ring (bicyclic) bond motifs is 1. The highest BCUT2D eigenvalue weighted by molar-refractivity contribution is 6.33. The molecule has 0 unspecified atom stereocenters. The lowest BCUT2D eigenvalue weighted by Gasteiger charge is -2.40. The Kier molecular flexibility index (Phi) is 5.44. The van der Waals surface area contributed by atoms with Gasteiger partial charge in [0.15, 0.2) is 0 Å². The first kappa shape index (κ1) is 21.1. The van der Waals surface area contributed by atoms with Crippen LogP contribution < -0.4 is 9.80 Å². The number of hydrogen-bond donors (Lipinski definition) is 0. The summed E-state index contributed by atoms with van der Waals surface area (Å²) >= 11 is 12.7. The summed E-state index contributed by atoms with van der Waals surface area (Å²) in [5.74, 6) is 0.201. The SMILES string of the molecule is CC1(C)C[C@@H](C(=O)N2CCN(C3CC3)c3ccccc32)N(Cc2cc(Cl)ccc2Cl)C1. The maximum absolute atomic E-state index is 13.9. The molecule has 0 bridgehead atoms. The van der Waals surface area contributed by atoms with Crippen molar-refractivity contribution in [2.45, 2.75) is 51.7 Å². The number of carbonyl (C=O) groups is 1. The van der Waals surface area contributed by atoms with Crippen LogP contribution in [0.1, 0.15) is 38.7 Å². The van der Waals surface area contributed by atoms with Crippen LogP contribution in [0.4, 0.5) is 11.4 Å². The van der Waals surface area contributed by atoms with E-state index in [-0.39, 0.29) is 17.4 Å². The van der Waals surface area contributed by atoms with Gasteiger partial charge in [0.2, 0.25) is 5.91 Å². The monoisotopic (exact) mass is 457 g/mol. The first-order valence-electron chi connectivity index (χ1n) is 11.2. The summed E-state index contributed by atoms with van der Waals surface area (Å²) in [6, 6.07) is 14.4. The first-order chi connectivity index (χ1) is 14.8. The van der Waals surface area contributed by atoms with Gasteiger partial charge in [0.1, 0.15) is 0 Å². The molecule has 5 rings (SSSR count). The fourth-order valence-electron chi connectivity index (χ4n) is 5.23. The van der Waals surface area contributed by atoms with Crippen LogP contribution in [-0.4, -0.2) is 42.5 Å². The van der Waals surface area contributed by atoms with Gasteiger partial charge in [-0.2, -0.15) is 0 Å². The van der Waals surface area contributed by atoms with Gasteiger partial charge < -0.3 is 9.80 Å². The number of rotatable bonds is 4. The van der Waals surface area contributed by atoms with E-state index in [1.54, 1.807) is 6.07 Å². The third kappa shape index (κ3) is 4.18. The molecule has 0 radical (unpaired) electrons. The fourth-order valence-corrected chi connectivity index (χ4v) is 5.60. The Morgan fingerprint density at radius 3 is 2.55 bits per heavy atom. The number of nitrogens with zero attached hydrogens (tertiary/aromatic N) is 3. The molecule has 0 aromatic heterocycles. The van der Waals surface area contributed by atoms with Gasteiger partial charge in [-0.05, 0) is 60.6 Å². The van der Waals surface area contributed by atoms with E-state index in [2.05, 4.69) is 41.8 Å². The second-order valence-corrected chi connectivity index (χ2v) is 10.8. The van der Waals surface area contributed by atoms with E-state index in [0.29, 0.717) is 22.6 Å². The molecular formula is C25H29Cl2N3O. The molecule has 2 heterocycles. The van der Waals surface area contributed by atoms with Crippen LogP contribution in [0.2, 0.25) is 10.0 Å². The Bertz CT molecular complexity index is 1000. The van der Waals surface area contributed by atoms with E-state index in [1.807, 2.05) is 23.1 Å². The Balaban J connectivity index is 1.42. The van der Waals surface area contributed by atoms with Crippen LogP contribution in [0.15, 0.2) is 42.5 Å².